The van der Waals surface area contributed by atoms with Crippen LogP contribution >= 0.6 is 12.2 Å². The Kier molecular flexibility index (Phi) is 6.60. The Labute approximate surface area is 163 Å². The zero-order chi connectivity index (χ0) is 19.4. The molecule has 2 N–H and O–H groups in total. The van der Waals surface area contributed by atoms with Gasteiger partial charge in [-0.1, -0.05) is 6.07 Å². The first-order chi connectivity index (χ1) is 12.8. The molecule has 2 atom stereocenters. The normalized spacial score (nSPS) is 22.7. The number of benzene rings is 1. The van der Waals surface area contributed by atoms with E-state index >= 15 is 0 Å². The van der Waals surface area contributed by atoms with E-state index in [9.17, 15) is 13.2 Å². The molecule has 27 heavy (non-hydrogen) atoms. The van der Waals surface area contributed by atoms with Gasteiger partial charge in [-0.2, -0.15) is 13.2 Å². The molecule has 2 aliphatic heterocycles. The molecular weight excluding hydrogens is 375 g/mol. The Morgan fingerprint density at radius 1 is 1.30 bits per heavy atom. The molecule has 0 bridgehead atoms. The first-order valence-electron chi connectivity index (χ1n) is 9.50. The van der Waals surface area contributed by atoms with Crippen LogP contribution in [0.4, 0.5) is 18.9 Å². The van der Waals surface area contributed by atoms with Crippen LogP contribution in [0.1, 0.15) is 31.2 Å². The number of hydrogen-bond donors (Lipinski definition) is 2. The average Bonchev–Trinajstić information content (AvgIpc) is 3.14. The number of hydrogen-bond acceptors (Lipinski definition) is 2. The van der Waals surface area contributed by atoms with E-state index in [2.05, 4.69) is 12.4 Å². The highest BCUT2D eigenvalue weighted by Gasteiger charge is 2.31. The highest BCUT2D eigenvalue weighted by molar-refractivity contribution is 7.80. The molecule has 0 amide bonds. The summed E-state index contributed by atoms with van der Waals surface area (Å²) in [5.41, 5.74) is -0.300. The molecule has 2 unspecified atom stereocenters. The molecule has 2 heterocycles. The van der Waals surface area contributed by atoms with Gasteiger partial charge in [0.15, 0.2) is 5.11 Å². The summed E-state index contributed by atoms with van der Waals surface area (Å²) < 4.78 is 44.3. The van der Waals surface area contributed by atoms with Crippen molar-refractivity contribution in [3.05, 3.63) is 29.8 Å². The molecule has 2 aliphatic rings. The fraction of sp³-hybridized carbons (Fsp3) is 0.632. The van der Waals surface area contributed by atoms with E-state index < -0.39 is 11.7 Å². The van der Waals surface area contributed by atoms with Crippen molar-refractivity contribution >= 4 is 23.0 Å². The number of piperidine rings is 1. The molecule has 4 nitrogen and oxygen atoms in total. The lowest BCUT2D eigenvalue weighted by Crippen LogP contribution is -3.14. The minimum Gasteiger partial charge on any atom is -0.372 e. The highest BCUT2D eigenvalue weighted by atomic mass is 32.1. The number of anilines is 1. The van der Waals surface area contributed by atoms with Gasteiger partial charge in [0.25, 0.3) is 0 Å². The van der Waals surface area contributed by atoms with E-state index in [1.807, 2.05) is 4.90 Å². The summed E-state index contributed by atoms with van der Waals surface area (Å²) in [5.74, 6) is 0. The summed E-state index contributed by atoms with van der Waals surface area (Å²) in [5, 5.41) is 3.45. The Morgan fingerprint density at radius 3 is 2.67 bits per heavy atom. The Morgan fingerprint density at radius 2 is 2.04 bits per heavy atom. The number of likely N-dealkylation sites (N-methyl/N-ethyl adjacent to an activating group) is 1. The number of nitrogens with one attached hydrogen (secondary N) is 2. The SMILES string of the molecule is C[NH+](CC1CCCO1)C1CCN(C(=S)Nc2cccc(C(F)(F)F)c2)CC1. The molecular formula is C19H27F3N3OS+. The second-order valence-corrected chi connectivity index (χ2v) is 7.84. The minimum absolute atomic E-state index is 0.373. The fourth-order valence-corrected chi connectivity index (χ4v) is 4.18. The first-order valence-corrected chi connectivity index (χ1v) is 9.91. The Bertz CT molecular complexity index is 641. The smallest absolute Gasteiger partial charge is 0.372 e. The minimum atomic E-state index is -4.35. The average molecular weight is 403 g/mol. The zero-order valence-electron chi connectivity index (χ0n) is 15.5. The number of nitrogens with zero attached hydrogens (tertiary/aromatic N) is 1. The molecule has 8 heteroatoms. The largest absolute Gasteiger partial charge is 0.416 e. The van der Waals surface area contributed by atoms with Crippen LogP contribution < -0.4 is 10.2 Å². The molecule has 0 spiro atoms. The predicted octanol–water partition coefficient (Wildman–Crippen LogP) is 2.56. The summed E-state index contributed by atoms with van der Waals surface area (Å²) in [6.45, 7) is 3.56. The van der Waals surface area contributed by atoms with Crippen molar-refractivity contribution in [3.63, 3.8) is 0 Å². The Balaban J connectivity index is 1.48. The van der Waals surface area contributed by atoms with Crippen molar-refractivity contribution in [1.82, 2.24) is 4.90 Å². The molecule has 2 fully saturated rings. The summed E-state index contributed by atoms with van der Waals surface area (Å²) >= 11 is 5.42. The maximum atomic E-state index is 12.8. The molecule has 150 valence electrons. The van der Waals surface area contributed by atoms with Crippen molar-refractivity contribution in [2.45, 2.75) is 44.0 Å². The lowest BCUT2D eigenvalue weighted by atomic mass is 10.0. The lowest BCUT2D eigenvalue weighted by Gasteiger charge is -2.36. The van der Waals surface area contributed by atoms with Gasteiger partial charge in [0.05, 0.1) is 18.7 Å². The number of quaternary nitrogens is 1. The number of likely N-dealkylation sites (tertiary alicyclic amines) is 1. The third-order valence-electron chi connectivity index (χ3n) is 5.49. The van der Waals surface area contributed by atoms with E-state index in [0.717, 1.165) is 64.1 Å². The quantitative estimate of drug-likeness (QED) is 0.758. The molecule has 2 saturated heterocycles. The number of ether oxygens (including phenoxy) is 1. The zero-order valence-corrected chi connectivity index (χ0v) is 16.3. The van der Waals surface area contributed by atoms with E-state index in [-0.39, 0.29) is 0 Å². The molecule has 1 aromatic rings. The molecule has 0 radical (unpaired) electrons. The van der Waals surface area contributed by atoms with Gasteiger partial charge >= 0.3 is 6.18 Å². The summed E-state index contributed by atoms with van der Waals surface area (Å²) in [6, 6.07) is 5.73. The van der Waals surface area contributed by atoms with Crippen molar-refractivity contribution in [2.75, 3.05) is 38.6 Å². The van der Waals surface area contributed by atoms with E-state index in [4.69, 9.17) is 17.0 Å². The van der Waals surface area contributed by atoms with E-state index in [0.29, 0.717) is 22.9 Å². The van der Waals surface area contributed by atoms with Crippen molar-refractivity contribution < 1.29 is 22.8 Å². The molecule has 3 rings (SSSR count). The standard InChI is InChI=1S/C19H26F3N3OS/c1-24(13-17-6-3-11-26-17)16-7-9-25(10-8-16)18(27)23-15-5-2-4-14(12-15)19(20,21)22/h2,4-5,12,16-17H,3,6-11,13H2,1H3,(H,23,27)/p+1. The molecule has 1 aromatic carbocycles. The summed E-state index contributed by atoms with van der Waals surface area (Å²) in [4.78, 5) is 3.55. The summed E-state index contributed by atoms with van der Waals surface area (Å²) in [7, 11) is 2.22. The number of rotatable bonds is 4. The van der Waals surface area contributed by atoms with Crippen LogP contribution in [-0.2, 0) is 10.9 Å². The second-order valence-electron chi connectivity index (χ2n) is 7.46. The van der Waals surface area contributed by atoms with Gasteiger partial charge in [-0.15, -0.1) is 0 Å². The van der Waals surface area contributed by atoms with Gasteiger partial charge < -0.3 is 19.9 Å². The third kappa shape index (κ3) is 5.56. The highest BCUT2D eigenvalue weighted by Crippen LogP contribution is 2.30. The van der Waals surface area contributed by atoms with Gasteiger partial charge in [0.1, 0.15) is 12.6 Å². The van der Waals surface area contributed by atoms with E-state index in [1.165, 1.54) is 11.0 Å². The monoisotopic (exact) mass is 402 g/mol. The van der Waals surface area contributed by atoms with Crippen LogP contribution in [0, 0.1) is 0 Å². The second kappa shape index (κ2) is 8.75. The van der Waals surface area contributed by atoms with Gasteiger partial charge in [-0.25, -0.2) is 0 Å². The topological polar surface area (TPSA) is 28.9 Å². The van der Waals surface area contributed by atoms with Crippen LogP contribution in [0.2, 0.25) is 0 Å². The Hall–Kier alpha value is -1.38. The molecule has 0 aliphatic carbocycles. The predicted molar refractivity (Wildman–Crippen MR) is 103 cm³/mol. The summed E-state index contributed by atoms with van der Waals surface area (Å²) in [6.07, 6.45) is 0.374. The third-order valence-corrected chi connectivity index (χ3v) is 5.85. The first kappa shape index (κ1) is 20.4. The van der Waals surface area contributed by atoms with Gasteiger partial charge in [0, 0.05) is 38.2 Å². The molecule has 0 aromatic heterocycles. The lowest BCUT2D eigenvalue weighted by molar-refractivity contribution is -0.910. The van der Waals surface area contributed by atoms with E-state index in [1.54, 1.807) is 6.07 Å². The van der Waals surface area contributed by atoms with Crippen molar-refractivity contribution in [3.8, 4) is 0 Å². The van der Waals surface area contributed by atoms with Crippen LogP contribution in [-0.4, -0.2) is 55.4 Å². The van der Waals surface area contributed by atoms with Crippen LogP contribution in [0.15, 0.2) is 24.3 Å². The molecule has 0 saturated carbocycles. The fourth-order valence-electron chi connectivity index (χ4n) is 3.88. The van der Waals surface area contributed by atoms with Gasteiger partial charge in [-0.3, -0.25) is 0 Å². The van der Waals surface area contributed by atoms with Crippen LogP contribution in [0.5, 0.6) is 0 Å². The van der Waals surface area contributed by atoms with Crippen LogP contribution in [0.3, 0.4) is 0 Å². The van der Waals surface area contributed by atoms with Gasteiger partial charge in [0.2, 0.25) is 0 Å². The number of alkyl halides is 3. The maximum absolute atomic E-state index is 12.8. The van der Waals surface area contributed by atoms with Crippen LogP contribution in [0.25, 0.3) is 0 Å². The van der Waals surface area contributed by atoms with Crippen molar-refractivity contribution in [1.29, 1.82) is 0 Å². The number of thiocarbonyl (C=S) groups is 1. The van der Waals surface area contributed by atoms with Crippen molar-refractivity contribution in [2.24, 2.45) is 0 Å². The number of halogens is 3. The van der Waals surface area contributed by atoms with Gasteiger partial charge in [-0.05, 0) is 43.3 Å². The maximum Gasteiger partial charge on any atom is 0.416 e.